The normalized spacial score (nSPS) is 12.5. The van der Waals surface area contributed by atoms with Gasteiger partial charge in [0.25, 0.3) is 0 Å². The first-order valence-corrected chi connectivity index (χ1v) is 10.5. The topological polar surface area (TPSA) is 179 Å². The second kappa shape index (κ2) is 8.89. The minimum Gasteiger partial charge on any atom is -0.478 e. The van der Waals surface area contributed by atoms with Gasteiger partial charge in [-0.2, -0.15) is 0 Å². The summed E-state index contributed by atoms with van der Waals surface area (Å²) in [4.78, 5) is 59.4. The fraction of sp³-hybridized carbons (Fsp3) is 0.538. The Morgan fingerprint density at radius 1 is 1.04 bits per heavy atom. The van der Waals surface area contributed by atoms with Crippen molar-refractivity contribution in [1.29, 1.82) is 0 Å². The molecule has 25 heavy (non-hydrogen) atoms. The van der Waals surface area contributed by atoms with Crippen molar-refractivity contribution in [1.82, 2.24) is 0 Å². The summed E-state index contributed by atoms with van der Waals surface area (Å²) in [6, 6.07) is 0. The molecule has 0 amide bonds. The van der Waals surface area contributed by atoms with Gasteiger partial charge in [-0.1, -0.05) is 13.2 Å². The lowest BCUT2D eigenvalue weighted by molar-refractivity contribution is -0.142. The molecule has 0 radical (unpaired) electrons. The van der Waals surface area contributed by atoms with Gasteiger partial charge < -0.3 is 29.4 Å². The fourth-order valence-corrected chi connectivity index (χ4v) is 4.76. The van der Waals surface area contributed by atoms with Crippen LogP contribution in [0, 0.1) is 5.41 Å². The molecule has 0 aromatic rings. The van der Waals surface area contributed by atoms with E-state index in [1.54, 1.807) is 0 Å². The van der Waals surface area contributed by atoms with Crippen molar-refractivity contribution in [3.63, 3.8) is 0 Å². The summed E-state index contributed by atoms with van der Waals surface area (Å²) in [7, 11) is -9.55. The average molecular weight is 400 g/mol. The van der Waals surface area contributed by atoms with Gasteiger partial charge in [0.05, 0.1) is 18.9 Å². The van der Waals surface area contributed by atoms with Gasteiger partial charge in [-0.3, -0.25) is 9.13 Å². The third kappa shape index (κ3) is 10.3. The summed E-state index contributed by atoms with van der Waals surface area (Å²) in [6.45, 7) is 7.19. The Balaban J connectivity index is 5.68. The Bertz CT molecular complexity index is 585. The number of hydrogen-bond donors (Lipinski definition) is 5. The van der Waals surface area contributed by atoms with Crippen molar-refractivity contribution in [2.75, 3.05) is 18.9 Å². The molecule has 0 aromatic carbocycles. The van der Waals surface area contributed by atoms with Gasteiger partial charge in [-0.05, 0) is 19.8 Å². The number of aliphatic carboxylic acids is 1. The molecular formula is C13H22O10P2. The van der Waals surface area contributed by atoms with Gasteiger partial charge in [-0.25, -0.2) is 9.59 Å². The number of carboxylic acid groups (broad SMARTS) is 1. The molecule has 0 saturated heterocycles. The molecular weight excluding hydrogens is 378 g/mol. The second-order valence-corrected chi connectivity index (χ2v) is 9.20. The van der Waals surface area contributed by atoms with Crippen LogP contribution in [0.15, 0.2) is 24.3 Å². The molecule has 0 aliphatic rings. The van der Waals surface area contributed by atoms with E-state index in [-0.39, 0.29) is 24.0 Å². The first kappa shape index (κ1) is 23.7. The highest BCUT2D eigenvalue weighted by atomic mass is 31.2. The van der Waals surface area contributed by atoms with E-state index < -0.39 is 51.5 Å². The van der Waals surface area contributed by atoms with Crippen LogP contribution in [-0.4, -0.2) is 55.5 Å². The lowest BCUT2D eigenvalue weighted by Crippen LogP contribution is -2.36. The zero-order chi connectivity index (χ0) is 20.1. The van der Waals surface area contributed by atoms with Gasteiger partial charge in [0, 0.05) is 16.6 Å². The Kier molecular flexibility index (Phi) is 8.44. The van der Waals surface area contributed by atoms with Crippen molar-refractivity contribution in [2.45, 2.75) is 19.8 Å². The largest absolute Gasteiger partial charge is 0.478 e. The van der Waals surface area contributed by atoms with Gasteiger partial charge >= 0.3 is 27.1 Å². The molecule has 0 heterocycles. The number of hydrogen-bond acceptors (Lipinski definition) is 5. The molecule has 0 fully saturated rings. The number of carboxylic acids is 1. The van der Waals surface area contributed by atoms with Gasteiger partial charge in [-0.15, -0.1) is 0 Å². The molecule has 12 heteroatoms. The molecule has 0 spiro atoms. The maximum atomic E-state index is 11.5. The summed E-state index contributed by atoms with van der Waals surface area (Å²) in [6.07, 6.45) is -2.67. The van der Waals surface area contributed by atoms with Crippen LogP contribution in [0.5, 0.6) is 0 Å². The van der Waals surface area contributed by atoms with Crippen LogP contribution in [-0.2, 0) is 23.5 Å². The van der Waals surface area contributed by atoms with E-state index >= 15 is 0 Å². The van der Waals surface area contributed by atoms with Crippen LogP contribution in [0.4, 0.5) is 0 Å². The van der Waals surface area contributed by atoms with Crippen molar-refractivity contribution < 1.29 is 48.1 Å². The highest BCUT2D eigenvalue weighted by molar-refractivity contribution is 7.53. The zero-order valence-electron chi connectivity index (χ0n) is 13.6. The molecule has 0 aliphatic carbocycles. The lowest BCUT2D eigenvalue weighted by atomic mass is 9.86. The standard InChI is InChI=1S/C13H22O10P2/c1-9(2)12(16)23-6-13(7-24(17,18)19,8-25(20,21)22)5-4-10(3)11(14)15/h1,3-8H2,2H3,(H,14,15)(H2,17,18,19)(H2,20,21,22). The average Bonchev–Trinajstić information content (AvgIpc) is 2.38. The molecule has 0 rings (SSSR count). The van der Waals surface area contributed by atoms with Crippen LogP contribution in [0.25, 0.3) is 0 Å². The van der Waals surface area contributed by atoms with Crippen LogP contribution in [0.1, 0.15) is 19.8 Å². The minimum absolute atomic E-state index is 0.0174. The van der Waals surface area contributed by atoms with Crippen LogP contribution in [0.3, 0.4) is 0 Å². The van der Waals surface area contributed by atoms with E-state index in [9.17, 15) is 38.3 Å². The molecule has 0 aliphatic heterocycles. The minimum atomic E-state index is -4.77. The highest BCUT2D eigenvalue weighted by Gasteiger charge is 2.43. The predicted octanol–water partition coefficient (Wildman–Crippen LogP) is 0.868. The highest BCUT2D eigenvalue weighted by Crippen LogP contribution is 2.51. The van der Waals surface area contributed by atoms with Crippen LogP contribution >= 0.6 is 15.2 Å². The monoisotopic (exact) mass is 400 g/mol. The van der Waals surface area contributed by atoms with Gasteiger partial charge in [0.2, 0.25) is 0 Å². The van der Waals surface area contributed by atoms with Gasteiger partial charge in [0.15, 0.2) is 0 Å². The van der Waals surface area contributed by atoms with E-state index in [4.69, 9.17) is 9.84 Å². The Labute approximate surface area is 144 Å². The van der Waals surface area contributed by atoms with Gasteiger partial charge in [0.1, 0.15) is 0 Å². The second-order valence-electron chi connectivity index (χ2n) is 5.91. The zero-order valence-corrected chi connectivity index (χ0v) is 15.4. The van der Waals surface area contributed by atoms with Crippen molar-refractivity contribution in [3.05, 3.63) is 24.3 Å². The number of esters is 1. The Hall–Kier alpha value is -1.28. The summed E-state index contributed by atoms with van der Waals surface area (Å²) in [5.74, 6) is -2.27. The number of rotatable bonds is 11. The van der Waals surface area contributed by atoms with E-state index in [1.807, 2.05) is 0 Å². The molecule has 0 aromatic heterocycles. The van der Waals surface area contributed by atoms with E-state index in [1.165, 1.54) is 6.92 Å². The third-order valence-electron chi connectivity index (χ3n) is 3.20. The molecule has 0 unspecified atom stereocenters. The van der Waals surface area contributed by atoms with E-state index in [2.05, 4.69) is 13.2 Å². The van der Waals surface area contributed by atoms with Crippen LogP contribution in [0.2, 0.25) is 0 Å². The Morgan fingerprint density at radius 3 is 1.80 bits per heavy atom. The molecule has 0 atom stereocenters. The molecule has 5 N–H and O–H groups in total. The first-order valence-electron chi connectivity index (χ1n) is 6.90. The number of ether oxygens (including phenoxy) is 1. The molecule has 0 bridgehead atoms. The quantitative estimate of drug-likeness (QED) is 0.190. The van der Waals surface area contributed by atoms with Crippen molar-refractivity contribution >= 4 is 27.1 Å². The molecule has 10 nitrogen and oxygen atoms in total. The van der Waals surface area contributed by atoms with E-state index in [0.29, 0.717) is 0 Å². The van der Waals surface area contributed by atoms with Crippen molar-refractivity contribution in [3.8, 4) is 0 Å². The summed E-state index contributed by atoms with van der Waals surface area (Å²) < 4.78 is 27.7. The van der Waals surface area contributed by atoms with Crippen LogP contribution < -0.4 is 0 Å². The Morgan fingerprint density at radius 2 is 1.48 bits per heavy atom. The fourth-order valence-electron chi connectivity index (χ4n) is 2.11. The lowest BCUT2D eigenvalue weighted by Gasteiger charge is -2.33. The van der Waals surface area contributed by atoms with Crippen molar-refractivity contribution in [2.24, 2.45) is 5.41 Å². The SMILES string of the molecule is C=C(C)C(=O)OCC(CCC(=C)C(=O)O)(CP(=O)(O)O)CP(=O)(O)O. The summed E-state index contributed by atoms with van der Waals surface area (Å²) in [5.41, 5.74) is -2.16. The first-order chi connectivity index (χ1) is 11.1. The third-order valence-corrected chi connectivity index (χ3v) is 5.37. The maximum absolute atomic E-state index is 11.5. The van der Waals surface area contributed by atoms with E-state index in [0.717, 1.165) is 0 Å². The maximum Gasteiger partial charge on any atom is 0.333 e. The predicted molar refractivity (Wildman–Crippen MR) is 88.0 cm³/mol. The number of carbonyl (C=O) groups excluding carboxylic acids is 1. The summed E-state index contributed by atoms with van der Waals surface area (Å²) >= 11 is 0. The smallest absolute Gasteiger partial charge is 0.333 e. The molecule has 0 saturated carbocycles. The molecule has 144 valence electrons. The summed E-state index contributed by atoms with van der Waals surface area (Å²) in [5, 5.41) is 8.83. The number of carbonyl (C=O) groups is 2.